The number of amides is 1. The van der Waals surface area contributed by atoms with Crippen LogP contribution < -0.4 is 4.90 Å². The molecule has 0 aliphatic carbocycles. The number of aromatic nitrogens is 2. The summed E-state index contributed by atoms with van der Waals surface area (Å²) in [6.07, 6.45) is 0. The molecule has 0 atom stereocenters. The lowest BCUT2D eigenvalue weighted by molar-refractivity contribution is -0.140. The van der Waals surface area contributed by atoms with Crippen LogP contribution >= 0.6 is 0 Å². The van der Waals surface area contributed by atoms with E-state index >= 15 is 0 Å². The lowest BCUT2D eigenvalue weighted by Crippen LogP contribution is -2.34. The van der Waals surface area contributed by atoms with E-state index in [1.165, 1.54) is 18.7 Å². The maximum absolute atomic E-state index is 11.8. The van der Waals surface area contributed by atoms with Crippen LogP contribution in [0.5, 0.6) is 0 Å². The number of hydrogen-bond acceptors (Lipinski definition) is 4. The van der Waals surface area contributed by atoms with Gasteiger partial charge in [0.2, 0.25) is 11.9 Å². The van der Waals surface area contributed by atoms with Crippen LogP contribution in [0, 0.1) is 0 Å². The van der Waals surface area contributed by atoms with Crippen molar-refractivity contribution in [2.75, 3.05) is 18.1 Å². The molecule has 0 aliphatic heterocycles. The van der Waals surface area contributed by atoms with E-state index in [1.54, 1.807) is 0 Å². The number of para-hydroxylation sites is 2. The Morgan fingerprint density at radius 3 is 2.60 bits per heavy atom. The van der Waals surface area contributed by atoms with E-state index in [-0.39, 0.29) is 25.0 Å². The summed E-state index contributed by atoms with van der Waals surface area (Å²) in [4.78, 5) is 28.5. The number of anilines is 1. The molecule has 1 aromatic heterocycles. The molecule has 1 amide bonds. The maximum atomic E-state index is 11.8. The molecule has 0 bridgehead atoms. The molecule has 0 N–H and O–H groups in total. The van der Waals surface area contributed by atoms with Gasteiger partial charge in [0.25, 0.3) is 0 Å². The monoisotopic (exact) mass is 275 g/mol. The first-order chi connectivity index (χ1) is 9.50. The topological polar surface area (TPSA) is 64.4 Å². The molecule has 0 saturated carbocycles. The van der Waals surface area contributed by atoms with Crippen LogP contribution in [-0.2, 0) is 21.4 Å². The average molecular weight is 275 g/mol. The number of hydrogen-bond donors (Lipinski definition) is 0. The van der Waals surface area contributed by atoms with Crippen molar-refractivity contribution < 1.29 is 14.3 Å². The minimum absolute atomic E-state index is 0.143. The van der Waals surface area contributed by atoms with Crippen molar-refractivity contribution in [2.45, 2.75) is 13.8 Å². The zero-order valence-electron chi connectivity index (χ0n) is 11.8. The first-order valence-electron chi connectivity index (χ1n) is 6.33. The third-order valence-electron chi connectivity index (χ3n) is 3.01. The van der Waals surface area contributed by atoms with Gasteiger partial charge in [-0.15, -0.1) is 0 Å². The third kappa shape index (κ3) is 2.79. The Kier molecular flexibility index (Phi) is 4.02. The Morgan fingerprint density at radius 1 is 1.30 bits per heavy atom. The van der Waals surface area contributed by atoms with Gasteiger partial charge in [0.15, 0.2) is 0 Å². The number of rotatable bonds is 4. The second-order valence-electron chi connectivity index (χ2n) is 4.47. The number of benzene rings is 1. The Labute approximate surface area is 117 Å². The molecule has 106 valence electrons. The van der Waals surface area contributed by atoms with Gasteiger partial charge < -0.3 is 9.30 Å². The van der Waals surface area contributed by atoms with Crippen molar-refractivity contribution in [1.82, 2.24) is 9.55 Å². The molecule has 6 nitrogen and oxygen atoms in total. The van der Waals surface area contributed by atoms with Crippen LogP contribution in [0.2, 0.25) is 0 Å². The van der Waals surface area contributed by atoms with E-state index in [4.69, 9.17) is 4.74 Å². The molecule has 0 aliphatic rings. The predicted molar refractivity (Wildman–Crippen MR) is 75.4 cm³/mol. The number of imidazole rings is 1. The molecule has 2 aromatic rings. The second-order valence-corrected chi connectivity index (χ2v) is 4.47. The normalized spacial score (nSPS) is 10.6. The largest absolute Gasteiger partial charge is 0.464 e. The molecule has 2 rings (SSSR count). The quantitative estimate of drug-likeness (QED) is 0.793. The Balaban J connectivity index is 2.29. The molecule has 6 heteroatoms. The number of ether oxygens (including phenoxy) is 1. The molecule has 0 saturated heterocycles. The summed E-state index contributed by atoms with van der Waals surface area (Å²) in [5.74, 6) is 0.0416. The van der Waals surface area contributed by atoms with Crippen LogP contribution in [0.15, 0.2) is 24.3 Å². The van der Waals surface area contributed by atoms with Gasteiger partial charge in [-0.1, -0.05) is 12.1 Å². The number of aryl methyl sites for hydroxylation is 1. The van der Waals surface area contributed by atoms with Gasteiger partial charge in [0, 0.05) is 20.9 Å². The zero-order valence-corrected chi connectivity index (χ0v) is 11.8. The lowest BCUT2D eigenvalue weighted by Gasteiger charge is -2.19. The highest BCUT2D eigenvalue weighted by Gasteiger charge is 2.18. The lowest BCUT2D eigenvalue weighted by atomic mass is 10.3. The molecule has 1 aromatic carbocycles. The highest BCUT2D eigenvalue weighted by atomic mass is 16.5. The van der Waals surface area contributed by atoms with E-state index in [2.05, 4.69) is 4.98 Å². The molecule has 20 heavy (non-hydrogen) atoms. The summed E-state index contributed by atoms with van der Waals surface area (Å²) >= 11 is 0. The van der Waals surface area contributed by atoms with Crippen molar-refractivity contribution in [2.24, 2.45) is 7.05 Å². The van der Waals surface area contributed by atoms with Gasteiger partial charge in [-0.3, -0.25) is 14.5 Å². The van der Waals surface area contributed by atoms with E-state index in [0.717, 1.165) is 11.0 Å². The standard InChI is InChI=1S/C14H17N3O3/c1-10(18)17(8-9-20-11(2)19)14-15-12-6-4-5-7-13(12)16(14)3/h4-7H,8-9H2,1-3H3. The van der Waals surface area contributed by atoms with Crippen LogP contribution in [0.1, 0.15) is 13.8 Å². The number of fused-ring (bicyclic) bond motifs is 1. The summed E-state index contributed by atoms with van der Waals surface area (Å²) in [5, 5.41) is 0. The first-order valence-corrected chi connectivity index (χ1v) is 6.33. The van der Waals surface area contributed by atoms with E-state index in [9.17, 15) is 9.59 Å². The molecule has 1 heterocycles. The van der Waals surface area contributed by atoms with Crippen molar-refractivity contribution in [3.05, 3.63) is 24.3 Å². The molecule has 0 spiro atoms. The smallest absolute Gasteiger partial charge is 0.302 e. The van der Waals surface area contributed by atoms with Crippen LogP contribution in [0.3, 0.4) is 0 Å². The fourth-order valence-electron chi connectivity index (χ4n) is 2.05. The Hall–Kier alpha value is -2.37. The van der Waals surface area contributed by atoms with Gasteiger partial charge in [-0.05, 0) is 12.1 Å². The minimum atomic E-state index is -0.362. The van der Waals surface area contributed by atoms with Gasteiger partial charge in [0.05, 0.1) is 17.6 Å². The molecule has 0 unspecified atom stereocenters. The Bertz CT molecular complexity index is 648. The molecule has 0 fully saturated rings. The maximum Gasteiger partial charge on any atom is 0.302 e. The first kappa shape index (κ1) is 14.0. The zero-order chi connectivity index (χ0) is 14.7. The highest BCUT2D eigenvalue weighted by molar-refractivity contribution is 5.92. The summed E-state index contributed by atoms with van der Waals surface area (Å²) in [6.45, 7) is 3.24. The van der Waals surface area contributed by atoms with Crippen molar-refractivity contribution in [1.29, 1.82) is 0 Å². The average Bonchev–Trinajstić information content (AvgIpc) is 2.72. The number of nitrogens with zero attached hydrogens (tertiary/aromatic N) is 3. The fourth-order valence-corrected chi connectivity index (χ4v) is 2.05. The predicted octanol–water partition coefficient (Wildman–Crippen LogP) is 1.49. The van der Waals surface area contributed by atoms with E-state index in [0.29, 0.717) is 5.95 Å². The van der Waals surface area contributed by atoms with Gasteiger partial charge in [-0.25, -0.2) is 4.98 Å². The van der Waals surface area contributed by atoms with Gasteiger partial charge >= 0.3 is 5.97 Å². The number of esters is 1. The third-order valence-corrected chi connectivity index (χ3v) is 3.01. The highest BCUT2D eigenvalue weighted by Crippen LogP contribution is 2.20. The number of carbonyl (C=O) groups excluding carboxylic acids is 2. The van der Waals surface area contributed by atoms with Crippen LogP contribution in [-0.4, -0.2) is 34.6 Å². The van der Waals surface area contributed by atoms with Crippen LogP contribution in [0.25, 0.3) is 11.0 Å². The van der Waals surface area contributed by atoms with Crippen molar-refractivity contribution in [3.63, 3.8) is 0 Å². The van der Waals surface area contributed by atoms with E-state index < -0.39 is 0 Å². The summed E-state index contributed by atoms with van der Waals surface area (Å²) in [7, 11) is 1.85. The van der Waals surface area contributed by atoms with Gasteiger partial charge in [-0.2, -0.15) is 0 Å². The number of carbonyl (C=O) groups is 2. The summed E-state index contributed by atoms with van der Waals surface area (Å²) in [5.41, 5.74) is 1.77. The second kappa shape index (κ2) is 5.73. The molecular formula is C14H17N3O3. The van der Waals surface area contributed by atoms with Gasteiger partial charge in [0.1, 0.15) is 6.61 Å². The summed E-state index contributed by atoms with van der Waals surface area (Å²) < 4.78 is 6.74. The SMILES string of the molecule is CC(=O)OCCN(C(C)=O)c1nc2ccccc2n1C. The van der Waals surface area contributed by atoms with Crippen LogP contribution in [0.4, 0.5) is 5.95 Å². The summed E-state index contributed by atoms with van der Waals surface area (Å²) in [6, 6.07) is 7.65. The van der Waals surface area contributed by atoms with Crippen molar-refractivity contribution in [3.8, 4) is 0 Å². The van der Waals surface area contributed by atoms with Crippen molar-refractivity contribution >= 4 is 28.9 Å². The molecule has 0 radical (unpaired) electrons. The minimum Gasteiger partial charge on any atom is -0.464 e. The van der Waals surface area contributed by atoms with E-state index in [1.807, 2.05) is 35.9 Å². The molecular weight excluding hydrogens is 258 g/mol. The Morgan fingerprint density at radius 2 is 2.00 bits per heavy atom. The fraction of sp³-hybridized carbons (Fsp3) is 0.357.